The van der Waals surface area contributed by atoms with Gasteiger partial charge in [0.15, 0.2) is 0 Å². The van der Waals surface area contributed by atoms with Crippen LogP contribution in [0.5, 0.6) is 0 Å². The number of hydrogen-bond donors (Lipinski definition) is 2. The van der Waals surface area contributed by atoms with Gasteiger partial charge in [-0.1, -0.05) is 41.9 Å². The molecule has 2 atom stereocenters. The van der Waals surface area contributed by atoms with Crippen molar-refractivity contribution in [2.24, 2.45) is 0 Å². The van der Waals surface area contributed by atoms with Crippen molar-refractivity contribution < 1.29 is 9.59 Å². The van der Waals surface area contributed by atoms with E-state index in [4.69, 9.17) is 11.6 Å². The van der Waals surface area contributed by atoms with Gasteiger partial charge in [0.1, 0.15) is 0 Å². The molecule has 2 amide bonds. The van der Waals surface area contributed by atoms with E-state index in [0.29, 0.717) is 17.3 Å². The number of likely N-dealkylation sites (N-methyl/N-ethyl adjacent to an activating group) is 1. The Hall–Kier alpha value is -2.02. The minimum Gasteiger partial charge on any atom is -0.348 e. The average Bonchev–Trinajstić information content (AvgIpc) is 2.62. The molecule has 7 heteroatoms. The highest BCUT2D eigenvalue weighted by atomic mass is 35.5. The number of carbonyl (C=O) groups is 2. The lowest BCUT2D eigenvalue weighted by molar-refractivity contribution is -0.124. The Labute approximate surface area is 168 Å². The summed E-state index contributed by atoms with van der Waals surface area (Å²) in [5.74, 6) is -0.315. The second-order valence-electron chi connectivity index (χ2n) is 6.73. The summed E-state index contributed by atoms with van der Waals surface area (Å²) in [4.78, 5) is 28.0. The number of carbonyl (C=O) groups excluding carboxylic acids is 2. The number of hydrogen-bond acceptors (Lipinski definition) is 4. The number of thioether (sulfide) groups is 1. The molecule has 142 valence electrons. The van der Waals surface area contributed by atoms with Crippen LogP contribution in [0.3, 0.4) is 0 Å². The maximum absolute atomic E-state index is 12.6. The number of anilines is 1. The Morgan fingerprint density at radius 2 is 2.00 bits per heavy atom. The molecule has 0 spiro atoms. The summed E-state index contributed by atoms with van der Waals surface area (Å²) >= 11 is 7.37. The number of rotatable bonds is 6. The van der Waals surface area contributed by atoms with Gasteiger partial charge in [-0.05, 0) is 37.9 Å². The van der Waals surface area contributed by atoms with Gasteiger partial charge in [0, 0.05) is 22.9 Å². The van der Waals surface area contributed by atoms with Gasteiger partial charge in [0.2, 0.25) is 11.8 Å². The van der Waals surface area contributed by atoms with Crippen molar-refractivity contribution in [3.05, 3.63) is 59.1 Å². The zero-order chi connectivity index (χ0) is 19.4. The molecule has 2 aromatic carbocycles. The van der Waals surface area contributed by atoms with E-state index in [1.165, 1.54) is 11.8 Å². The molecule has 0 bridgehead atoms. The van der Waals surface area contributed by atoms with E-state index in [1.54, 1.807) is 12.1 Å². The largest absolute Gasteiger partial charge is 0.348 e. The molecule has 0 fully saturated rings. The number of nitrogens with one attached hydrogen (secondary N) is 2. The van der Waals surface area contributed by atoms with Gasteiger partial charge in [0.05, 0.1) is 17.0 Å². The fourth-order valence-corrected chi connectivity index (χ4v) is 4.23. The summed E-state index contributed by atoms with van der Waals surface area (Å²) in [6.07, 6.45) is 0.120. The first-order valence-electron chi connectivity index (χ1n) is 8.68. The summed E-state index contributed by atoms with van der Waals surface area (Å²) < 4.78 is 0. The van der Waals surface area contributed by atoms with Crippen LogP contribution in [0, 0.1) is 0 Å². The Balaban J connectivity index is 1.67. The first kappa shape index (κ1) is 19.7. The molecular weight excluding hydrogens is 382 g/mol. The van der Waals surface area contributed by atoms with E-state index >= 15 is 0 Å². The molecule has 2 aromatic rings. The molecule has 0 saturated carbocycles. The monoisotopic (exact) mass is 403 g/mol. The average molecular weight is 404 g/mol. The van der Waals surface area contributed by atoms with Gasteiger partial charge >= 0.3 is 0 Å². The van der Waals surface area contributed by atoms with Crippen molar-refractivity contribution in [1.82, 2.24) is 10.2 Å². The fourth-order valence-electron chi connectivity index (χ4n) is 2.96. The van der Waals surface area contributed by atoms with Crippen LogP contribution >= 0.6 is 23.4 Å². The summed E-state index contributed by atoms with van der Waals surface area (Å²) in [5.41, 5.74) is 1.74. The highest BCUT2D eigenvalue weighted by Gasteiger charge is 2.30. The summed E-state index contributed by atoms with van der Waals surface area (Å²) in [6, 6.07) is 15.1. The zero-order valence-electron chi connectivity index (χ0n) is 15.2. The number of benzene rings is 2. The number of nitrogens with zero attached hydrogens (tertiary/aromatic N) is 1. The normalized spacial score (nSPS) is 17.2. The molecule has 0 unspecified atom stereocenters. The molecule has 1 aliphatic rings. The van der Waals surface area contributed by atoms with E-state index in [2.05, 4.69) is 10.6 Å². The first-order chi connectivity index (χ1) is 12.9. The van der Waals surface area contributed by atoms with Crippen LogP contribution in [0.15, 0.2) is 53.4 Å². The molecule has 2 N–H and O–H groups in total. The van der Waals surface area contributed by atoms with Crippen LogP contribution < -0.4 is 10.6 Å². The highest BCUT2D eigenvalue weighted by molar-refractivity contribution is 8.01. The molecular formula is C20H22ClN3O2S. The van der Waals surface area contributed by atoms with Crippen molar-refractivity contribution in [3.63, 3.8) is 0 Å². The van der Waals surface area contributed by atoms with Crippen molar-refractivity contribution in [3.8, 4) is 0 Å². The lowest BCUT2D eigenvalue weighted by Crippen LogP contribution is -2.39. The van der Waals surface area contributed by atoms with Gasteiger partial charge in [-0.2, -0.15) is 0 Å². The van der Waals surface area contributed by atoms with E-state index in [-0.39, 0.29) is 24.3 Å². The van der Waals surface area contributed by atoms with Crippen molar-refractivity contribution in [2.45, 2.75) is 22.6 Å². The van der Waals surface area contributed by atoms with Gasteiger partial charge in [-0.3, -0.25) is 9.59 Å². The van der Waals surface area contributed by atoms with Crippen LogP contribution in [0.1, 0.15) is 18.0 Å². The highest BCUT2D eigenvalue weighted by Crippen LogP contribution is 2.38. The predicted octanol–water partition coefficient (Wildman–Crippen LogP) is 3.56. The molecule has 3 rings (SSSR count). The lowest BCUT2D eigenvalue weighted by atomic mass is 10.1. The van der Waals surface area contributed by atoms with Crippen LogP contribution in [-0.2, 0) is 9.59 Å². The van der Waals surface area contributed by atoms with Gasteiger partial charge in [-0.15, -0.1) is 11.8 Å². The van der Waals surface area contributed by atoms with Gasteiger partial charge < -0.3 is 15.5 Å². The number of fused-ring (bicyclic) bond motifs is 1. The molecule has 1 aliphatic heterocycles. The minimum absolute atomic E-state index is 0.120. The predicted molar refractivity (Wildman–Crippen MR) is 110 cm³/mol. The Morgan fingerprint density at radius 1 is 1.26 bits per heavy atom. The number of halogens is 1. The fraction of sp³-hybridized carbons (Fsp3) is 0.300. The van der Waals surface area contributed by atoms with Crippen LogP contribution in [0.2, 0.25) is 5.02 Å². The van der Waals surface area contributed by atoms with E-state index in [9.17, 15) is 9.59 Å². The zero-order valence-corrected chi connectivity index (χ0v) is 16.8. The molecule has 0 aliphatic carbocycles. The Kier molecular flexibility index (Phi) is 6.42. The van der Waals surface area contributed by atoms with Crippen LogP contribution in [0.25, 0.3) is 0 Å². The van der Waals surface area contributed by atoms with E-state index in [1.807, 2.05) is 55.4 Å². The molecule has 0 radical (unpaired) electrons. The van der Waals surface area contributed by atoms with Crippen LogP contribution in [0.4, 0.5) is 5.69 Å². The SMILES string of the molecule is CN(C)C[C@H](NC(=O)C[C@@H]1Sc2ccc(Cl)cc2NC1=O)c1ccccc1. The van der Waals surface area contributed by atoms with Gasteiger partial charge in [-0.25, -0.2) is 0 Å². The number of amides is 2. The third-order valence-corrected chi connectivity index (χ3v) is 5.73. The smallest absolute Gasteiger partial charge is 0.238 e. The molecule has 0 saturated heterocycles. The standard InChI is InChI=1S/C20H22ClN3O2S/c1-24(2)12-16(13-6-4-3-5-7-13)22-19(25)11-18-20(26)23-15-10-14(21)8-9-17(15)27-18/h3-10,16,18H,11-12H2,1-2H3,(H,22,25)(H,23,26)/t16-,18-/m0/s1. The van der Waals surface area contributed by atoms with Crippen molar-refractivity contribution >= 4 is 40.9 Å². The van der Waals surface area contributed by atoms with E-state index < -0.39 is 5.25 Å². The summed E-state index contributed by atoms with van der Waals surface area (Å²) in [7, 11) is 3.93. The minimum atomic E-state index is -0.463. The summed E-state index contributed by atoms with van der Waals surface area (Å²) in [5, 5.41) is 6.02. The second kappa shape index (κ2) is 8.78. The van der Waals surface area contributed by atoms with Crippen molar-refractivity contribution in [2.75, 3.05) is 26.0 Å². The molecule has 5 nitrogen and oxygen atoms in total. The first-order valence-corrected chi connectivity index (χ1v) is 9.94. The quantitative estimate of drug-likeness (QED) is 0.774. The van der Waals surface area contributed by atoms with Crippen LogP contribution in [-0.4, -0.2) is 42.6 Å². The third kappa shape index (κ3) is 5.25. The topological polar surface area (TPSA) is 61.4 Å². The maximum Gasteiger partial charge on any atom is 0.238 e. The Bertz CT molecular complexity index is 829. The van der Waals surface area contributed by atoms with Crippen molar-refractivity contribution in [1.29, 1.82) is 0 Å². The summed E-state index contributed by atoms with van der Waals surface area (Å²) in [6.45, 7) is 0.682. The second-order valence-corrected chi connectivity index (χ2v) is 8.41. The van der Waals surface area contributed by atoms with Gasteiger partial charge in [0.25, 0.3) is 0 Å². The third-order valence-electron chi connectivity index (χ3n) is 4.22. The maximum atomic E-state index is 12.6. The lowest BCUT2D eigenvalue weighted by Gasteiger charge is -2.26. The molecule has 1 heterocycles. The molecule has 0 aromatic heterocycles. The Morgan fingerprint density at radius 3 is 2.70 bits per heavy atom. The van der Waals surface area contributed by atoms with E-state index in [0.717, 1.165) is 10.5 Å². The molecule has 27 heavy (non-hydrogen) atoms.